The molecule has 0 radical (unpaired) electrons. The van der Waals surface area contributed by atoms with Crippen molar-refractivity contribution in [2.45, 2.75) is 0 Å². The Kier molecular flexibility index (Phi) is 5.47. The molecule has 0 spiro atoms. The molecule has 3 N–H and O–H groups in total. The monoisotopic (exact) mass is 260 g/mol. The largest absolute Gasteiger partial charge is 0.397 e. The van der Waals surface area contributed by atoms with Crippen LogP contribution in [0.1, 0.15) is 0 Å². The summed E-state index contributed by atoms with van der Waals surface area (Å²) < 4.78 is 35.7. The van der Waals surface area contributed by atoms with Crippen LogP contribution in [0, 0.1) is 11.6 Å². The number of anilines is 2. The fourth-order valence-corrected chi connectivity index (χ4v) is 1.21. The summed E-state index contributed by atoms with van der Waals surface area (Å²) >= 11 is 0. The summed E-state index contributed by atoms with van der Waals surface area (Å²) in [7, 11) is 1.50. The van der Waals surface area contributed by atoms with E-state index in [-0.39, 0.29) is 24.6 Å². The number of carbonyl (C=O) groups is 1. The van der Waals surface area contributed by atoms with E-state index in [1.807, 2.05) is 0 Å². The summed E-state index contributed by atoms with van der Waals surface area (Å²) in [6.45, 7) is 0.325. The highest BCUT2D eigenvalue weighted by Crippen LogP contribution is 2.23. The topological polar surface area (TPSA) is 73.6 Å². The standard InChI is InChI=1S/C11H14F2N2O3/c1-17-2-3-18-6-10(16)15-11-8(13)4-7(12)5-9(11)14/h4-5H,2-3,6,14H2,1H3,(H,15,16). The third kappa shape index (κ3) is 4.27. The molecule has 0 saturated carbocycles. The lowest BCUT2D eigenvalue weighted by Crippen LogP contribution is -2.21. The van der Waals surface area contributed by atoms with Gasteiger partial charge >= 0.3 is 0 Å². The van der Waals surface area contributed by atoms with Gasteiger partial charge in [0.25, 0.3) is 5.91 Å². The summed E-state index contributed by atoms with van der Waals surface area (Å²) in [6.07, 6.45) is 0. The molecule has 5 nitrogen and oxygen atoms in total. The quantitative estimate of drug-likeness (QED) is 0.594. The fraction of sp³-hybridized carbons (Fsp3) is 0.364. The van der Waals surface area contributed by atoms with E-state index in [4.69, 9.17) is 15.2 Å². The van der Waals surface area contributed by atoms with Crippen LogP contribution in [0.5, 0.6) is 0 Å². The molecule has 0 aliphatic carbocycles. The number of hydrogen-bond acceptors (Lipinski definition) is 4. The van der Waals surface area contributed by atoms with Gasteiger partial charge in [0.15, 0.2) is 5.82 Å². The summed E-state index contributed by atoms with van der Waals surface area (Å²) in [5.41, 5.74) is 4.96. The third-order valence-corrected chi connectivity index (χ3v) is 2.01. The number of halogens is 2. The molecule has 0 aliphatic heterocycles. The minimum atomic E-state index is -0.933. The maximum atomic E-state index is 13.3. The van der Waals surface area contributed by atoms with Crippen LogP contribution in [-0.4, -0.2) is 32.8 Å². The lowest BCUT2D eigenvalue weighted by molar-refractivity contribution is -0.121. The fourth-order valence-electron chi connectivity index (χ4n) is 1.21. The molecule has 1 aromatic rings. The number of nitrogens with two attached hydrogens (primary N) is 1. The summed E-state index contributed by atoms with van der Waals surface area (Å²) in [5.74, 6) is -2.32. The number of methoxy groups -OCH3 is 1. The van der Waals surface area contributed by atoms with Gasteiger partial charge in [-0.15, -0.1) is 0 Å². The van der Waals surface area contributed by atoms with Crippen molar-refractivity contribution in [1.82, 2.24) is 0 Å². The van der Waals surface area contributed by atoms with E-state index < -0.39 is 17.5 Å². The summed E-state index contributed by atoms with van der Waals surface area (Å²) in [4.78, 5) is 11.4. The van der Waals surface area contributed by atoms with E-state index in [9.17, 15) is 13.6 Å². The summed E-state index contributed by atoms with van der Waals surface area (Å²) in [5, 5.41) is 2.21. The second-order valence-corrected chi connectivity index (χ2v) is 3.45. The van der Waals surface area contributed by atoms with E-state index in [1.54, 1.807) is 0 Å². The van der Waals surface area contributed by atoms with Gasteiger partial charge in [-0.05, 0) is 6.07 Å². The number of rotatable bonds is 6. The molecular weight excluding hydrogens is 246 g/mol. The smallest absolute Gasteiger partial charge is 0.250 e. The van der Waals surface area contributed by atoms with Gasteiger partial charge in [-0.2, -0.15) is 0 Å². The van der Waals surface area contributed by atoms with Crippen molar-refractivity contribution in [3.8, 4) is 0 Å². The zero-order chi connectivity index (χ0) is 13.5. The zero-order valence-corrected chi connectivity index (χ0v) is 9.83. The highest BCUT2D eigenvalue weighted by atomic mass is 19.1. The van der Waals surface area contributed by atoms with Crippen molar-refractivity contribution < 1.29 is 23.0 Å². The Morgan fingerprint density at radius 2 is 2.11 bits per heavy atom. The van der Waals surface area contributed by atoms with Gasteiger partial charge in [-0.3, -0.25) is 4.79 Å². The van der Waals surface area contributed by atoms with E-state index in [0.717, 1.165) is 6.07 Å². The Morgan fingerprint density at radius 3 is 2.72 bits per heavy atom. The van der Waals surface area contributed by atoms with Gasteiger partial charge in [-0.25, -0.2) is 8.78 Å². The molecule has 0 aliphatic rings. The van der Waals surface area contributed by atoms with Crippen LogP contribution in [0.3, 0.4) is 0 Å². The number of amides is 1. The lowest BCUT2D eigenvalue weighted by Gasteiger charge is -2.09. The normalized spacial score (nSPS) is 10.4. The maximum Gasteiger partial charge on any atom is 0.250 e. The van der Waals surface area contributed by atoms with Gasteiger partial charge in [0, 0.05) is 13.2 Å². The Labute approximate surface area is 103 Å². The number of ether oxygens (including phenoxy) is 2. The van der Waals surface area contributed by atoms with Gasteiger partial charge in [0.05, 0.1) is 18.9 Å². The second-order valence-electron chi connectivity index (χ2n) is 3.45. The predicted molar refractivity (Wildman–Crippen MR) is 62.1 cm³/mol. The molecule has 18 heavy (non-hydrogen) atoms. The number of carbonyl (C=O) groups excluding carboxylic acids is 1. The average Bonchev–Trinajstić information content (AvgIpc) is 2.29. The summed E-state index contributed by atoms with van der Waals surface area (Å²) in [6, 6.07) is 1.56. The molecule has 0 unspecified atom stereocenters. The van der Waals surface area contributed by atoms with Crippen LogP contribution >= 0.6 is 0 Å². The van der Waals surface area contributed by atoms with E-state index in [2.05, 4.69) is 5.32 Å². The van der Waals surface area contributed by atoms with Crippen LogP contribution in [0.25, 0.3) is 0 Å². The molecule has 0 atom stereocenters. The van der Waals surface area contributed by atoms with E-state index in [1.165, 1.54) is 7.11 Å². The van der Waals surface area contributed by atoms with Crippen LogP contribution < -0.4 is 11.1 Å². The highest BCUT2D eigenvalue weighted by molar-refractivity contribution is 5.94. The number of nitrogen functional groups attached to an aromatic ring is 1. The molecule has 100 valence electrons. The van der Waals surface area contributed by atoms with E-state index in [0.29, 0.717) is 12.7 Å². The molecule has 1 rings (SSSR count). The first-order chi connectivity index (χ1) is 8.54. The van der Waals surface area contributed by atoms with Crippen molar-refractivity contribution >= 4 is 17.3 Å². The minimum absolute atomic E-state index is 0.183. The van der Waals surface area contributed by atoms with Crippen molar-refractivity contribution in [1.29, 1.82) is 0 Å². The molecule has 7 heteroatoms. The minimum Gasteiger partial charge on any atom is -0.397 e. The van der Waals surface area contributed by atoms with Gasteiger partial charge in [0.2, 0.25) is 0 Å². The van der Waals surface area contributed by atoms with Crippen molar-refractivity contribution in [2.24, 2.45) is 0 Å². The van der Waals surface area contributed by atoms with Gasteiger partial charge in [0.1, 0.15) is 18.1 Å². The number of nitrogens with one attached hydrogen (secondary N) is 1. The first-order valence-electron chi connectivity index (χ1n) is 5.15. The van der Waals surface area contributed by atoms with Gasteiger partial charge in [-0.1, -0.05) is 0 Å². The van der Waals surface area contributed by atoms with Crippen LogP contribution in [0.4, 0.5) is 20.2 Å². The third-order valence-electron chi connectivity index (χ3n) is 2.01. The molecule has 0 aromatic heterocycles. The maximum absolute atomic E-state index is 13.3. The van der Waals surface area contributed by atoms with Gasteiger partial charge < -0.3 is 20.5 Å². The Balaban J connectivity index is 2.54. The van der Waals surface area contributed by atoms with Crippen molar-refractivity contribution in [2.75, 3.05) is 38.0 Å². The molecule has 0 saturated heterocycles. The lowest BCUT2D eigenvalue weighted by atomic mass is 10.2. The molecule has 1 aromatic carbocycles. The zero-order valence-electron chi connectivity index (χ0n) is 9.83. The second kappa shape index (κ2) is 6.87. The Bertz CT molecular complexity index is 404. The SMILES string of the molecule is COCCOCC(=O)Nc1c(N)cc(F)cc1F. The molecule has 1 amide bonds. The highest BCUT2D eigenvalue weighted by Gasteiger charge is 2.12. The van der Waals surface area contributed by atoms with Crippen molar-refractivity contribution in [3.63, 3.8) is 0 Å². The van der Waals surface area contributed by atoms with Crippen LogP contribution in [0.2, 0.25) is 0 Å². The molecule has 0 fully saturated rings. The number of benzene rings is 1. The first-order valence-corrected chi connectivity index (χ1v) is 5.15. The van der Waals surface area contributed by atoms with Crippen molar-refractivity contribution in [3.05, 3.63) is 23.8 Å². The van der Waals surface area contributed by atoms with Crippen LogP contribution in [0.15, 0.2) is 12.1 Å². The first kappa shape index (κ1) is 14.3. The molecule has 0 bridgehead atoms. The molecule has 0 heterocycles. The van der Waals surface area contributed by atoms with Crippen LogP contribution in [-0.2, 0) is 14.3 Å². The Morgan fingerprint density at radius 1 is 1.39 bits per heavy atom. The number of hydrogen-bond donors (Lipinski definition) is 2. The predicted octanol–water partition coefficient (Wildman–Crippen LogP) is 1.15. The van der Waals surface area contributed by atoms with E-state index >= 15 is 0 Å². The average molecular weight is 260 g/mol. The molecular formula is C11H14F2N2O3. The Hall–Kier alpha value is -1.73.